The molecule has 0 saturated heterocycles. The summed E-state index contributed by atoms with van der Waals surface area (Å²) < 4.78 is 0. The van der Waals surface area contributed by atoms with Crippen molar-refractivity contribution in [2.75, 3.05) is 119 Å². The molecule has 0 amide bonds. The van der Waals surface area contributed by atoms with Crippen molar-refractivity contribution in [3.8, 4) is 0 Å². The van der Waals surface area contributed by atoms with Gasteiger partial charge in [0, 0.05) is 0 Å². The number of rotatable bonds is 21. The Morgan fingerprint density at radius 3 is 0.375 bits per heavy atom. The third-order valence-electron chi connectivity index (χ3n) is 6.88. The molecule has 0 bridgehead atoms. The molecule has 0 aliphatic heterocycles. The van der Waals surface area contributed by atoms with Crippen LogP contribution < -0.4 is 0 Å². The molecule has 22 nitrogen and oxygen atoms in total. The molecule has 298 valence electrons. The monoisotopic (exact) mass is 726 g/mol. The summed E-state index contributed by atoms with van der Waals surface area (Å²) in [5, 5.41) is 188. The molecule has 0 aliphatic rings. The zero-order valence-corrected chi connectivity index (χ0v) is 26.9. The van der Waals surface area contributed by atoms with Crippen LogP contribution in [-0.2, 0) is 0 Å². The van der Waals surface area contributed by atoms with Crippen LogP contribution in [0.4, 0.5) is 0 Å². The Morgan fingerprint density at radius 2 is 0.333 bits per heavy atom. The van der Waals surface area contributed by atoms with E-state index in [2.05, 4.69) is 0 Å². The topological polar surface area (TPSA) is 445 Å². The van der Waals surface area contributed by atoms with Crippen LogP contribution in [0.2, 0.25) is 0 Å². The first-order valence-corrected chi connectivity index (χ1v) is 14.2. The van der Waals surface area contributed by atoms with Crippen LogP contribution in [-0.4, -0.2) is 256 Å². The van der Waals surface area contributed by atoms with Gasteiger partial charge in [0.2, 0.25) is 0 Å². The van der Waals surface area contributed by atoms with E-state index < -0.39 is 165 Å². The van der Waals surface area contributed by atoms with E-state index in [0.717, 1.165) is 0 Å². The van der Waals surface area contributed by atoms with E-state index in [1.54, 1.807) is 0 Å². The van der Waals surface area contributed by atoms with Crippen molar-refractivity contribution in [1.82, 2.24) is 0 Å². The van der Waals surface area contributed by atoms with Gasteiger partial charge < -0.3 is 112 Å². The van der Waals surface area contributed by atoms with Gasteiger partial charge in [-0.15, -0.1) is 0 Å². The van der Waals surface area contributed by atoms with Crippen LogP contribution in [0.25, 0.3) is 0 Å². The van der Waals surface area contributed by atoms with Crippen molar-refractivity contribution in [2.24, 2.45) is 21.7 Å². The van der Waals surface area contributed by atoms with Gasteiger partial charge in [0.05, 0.1) is 141 Å². The van der Waals surface area contributed by atoms with Gasteiger partial charge in [-0.1, -0.05) is 0 Å². The average Bonchev–Trinajstić information content (AvgIpc) is 3.16. The summed E-state index contributed by atoms with van der Waals surface area (Å²) in [4.78, 5) is 0. The van der Waals surface area contributed by atoms with Crippen LogP contribution >= 0.6 is 0 Å². The number of hydrogen-bond donors (Lipinski definition) is 22. The summed E-state index contributed by atoms with van der Waals surface area (Å²) in [6.45, 7) is -7.95. The quantitative estimate of drug-likeness (QED) is 0.0522. The van der Waals surface area contributed by atoms with E-state index in [1.807, 2.05) is 0 Å². The van der Waals surface area contributed by atoms with Crippen molar-refractivity contribution in [1.29, 1.82) is 0 Å². The molecule has 4 atom stereocenters. The smallest absolute Gasteiger partial charge is 0.111 e. The second kappa shape index (κ2) is 33.3. The lowest BCUT2D eigenvalue weighted by Crippen LogP contribution is -2.46. The molecule has 0 rings (SSSR count). The highest BCUT2D eigenvalue weighted by atomic mass is 16.4. The van der Waals surface area contributed by atoms with Crippen molar-refractivity contribution in [3.63, 3.8) is 0 Å². The molecule has 0 fully saturated rings. The number of hydrogen-bond acceptors (Lipinski definition) is 22. The van der Waals surface area contributed by atoms with Crippen LogP contribution in [0.1, 0.15) is 0 Å². The second-order valence-corrected chi connectivity index (χ2v) is 11.0. The van der Waals surface area contributed by atoms with Crippen LogP contribution in [0.5, 0.6) is 0 Å². The van der Waals surface area contributed by atoms with Gasteiger partial charge in [0.1, 0.15) is 24.4 Å². The summed E-state index contributed by atoms with van der Waals surface area (Å²) in [6.07, 6.45) is -6.39. The molecule has 22 heteroatoms. The highest BCUT2D eigenvalue weighted by Gasteiger charge is 2.30. The fraction of sp³-hybridized carbons (Fsp3) is 1.00. The normalized spacial score (nSPS) is 14.4. The van der Waals surface area contributed by atoms with E-state index in [-0.39, 0.29) is 0 Å². The number of aliphatic hydroxyl groups is 22. The van der Waals surface area contributed by atoms with E-state index in [1.165, 1.54) is 0 Å². The van der Waals surface area contributed by atoms with Crippen LogP contribution in [0.3, 0.4) is 0 Å². The maximum atomic E-state index is 8.96. The third-order valence-corrected chi connectivity index (χ3v) is 6.88. The number of aliphatic hydroxyl groups excluding tert-OH is 22. The molecule has 0 heterocycles. The van der Waals surface area contributed by atoms with Crippen LogP contribution in [0.15, 0.2) is 0 Å². The maximum absolute atomic E-state index is 8.96. The van der Waals surface area contributed by atoms with Gasteiger partial charge in [-0.2, -0.15) is 0 Å². The SMILES string of the molecule is OCC(CO)(CO)CO.OCC(CO)(CO)CO.OCC(CO)(CO)CO.OCC(CO)(CO)CO.OCC(O)C(O)C(O)C(O)CO. The van der Waals surface area contributed by atoms with Gasteiger partial charge in [0.25, 0.3) is 0 Å². The lowest BCUT2D eigenvalue weighted by molar-refractivity contribution is -0.123. The fourth-order valence-electron chi connectivity index (χ4n) is 1.87. The van der Waals surface area contributed by atoms with Gasteiger partial charge in [-0.3, -0.25) is 0 Å². The first-order valence-electron chi connectivity index (χ1n) is 14.2. The second-order valence-electron chi connectivity index (χ2n) is 11.0. The lowest BCUT2D eigenvalue weighted by atomic mass is 9.93. The van der Waals surface area contributed by atoms with Gasteiger partial charge in [0.15, 0.2) is 0 Å². The summed E-state index contributed by atoms with van der Waals surface area (Å²) in [6, 6.07) is 0. The molecule has 0 spiro atoms. The molecule has 0 aliphatic carbocycles. The molecule has 22 N–H and O–H groups in total. The largest absolute Gasteiger partial charge is 0.396 e. The van der Waals surface area contributed by atoms with E-state index >= 15 is 0 Å². The van der Waals surface area contributed by atoms with Crippen molar-refractivity contribution >= 4 is 0 Å². The van der Waals surface area contributed by atoms with Crippen molar-refractivity contribution in [3.05, 3.63) is 0 Å². The molecule has 0 radical (unpaired) electrons. The maximum Gasteiger partial charge on any atom is 0.111 e. The Balaban J connectivity index is -0.000000161. The molecule has 48 heavy (non-hydrogen) atoms. The van der Waals surface area contributed by atoms with Gasteiger partial charge in [-0.05, 0) is 0 Å². The third kappa shape index (κ3) is 22.0. The van der Waals surface area contributed by atoms with Crippen molar-refractivity contribution < 1.29 is 112 Å². The molecule has 0 aromatic heterocycles. The predicted octanol–water partition coefficient (Wildman–Crippen LogP) is -11.8. The minimum atomic E-state index is -1.67. The van der Waals surface area contributed by atoms with Crippen LogP contribution in [0, 0.1) is 21.7 Å². The highest BCUT2D eigenvalue weighted by Crippen LogP contribution is 2.14. The summed E-state index contributed by atoms with van der Waals surface area (Å²) in [5.41, 5.74) is -4.44. The average molecular weight is 727 g/mol. The Labute approximate surface area is 277 Å². The first-order chi connectivity index (χ1) is 22.5. The molecule has 4 unspecified atom stereocenters. The minimum Gasteiger partial charge on any atom is -0.396 e. The molecule has 0 saturated carbocycles. The highest BCUT2D eigenvalue weighted by molar-refractivity contribution is 4.80. The summed E-state index contributed by atoms with van der Waals surface area (Å²) in [5.74, 6) is 0. The summed E-state index contributed by atoms with van der Waals surface area (Å²) in [7, 11) is 0. The Morgan fingerprint density at radius 1 is 0.229 bits per heavy atom. The van der Waals surface area contributed by atoms with E-state index in [4.69, 9.17) is 112 Å². The summed E-state index contributed by atoms with van der Waals surface area (Å²) >= 11 is 0. The zero-order chi connectivity index (χ0) is 39.0. The van der Waals surface area contributed by atoms with Gasteiger partial charge in [-0.25, -0.2) is 0 Å². The predicted molar refractivity (Wildman–Crippen MR) is 161 cm³/mol. The fourth-order valence-corrected chi connectivity index (χ4v) is 1.87. The van der Waals surface area contributed by atoms with E-state index in [9.17, 15) is 0 Å². The van der Waals surface area contributed by atoms with Crippen molar-refractivity contribution in [2.45, 2.75) is 24.4 Å². The lowest BCUT2D eigenvalue weighted by Gasteiger charge is -2.24. The Hall–Kier alpha value is -0.880. The Bertz CT molecular complexity index is 481. The molecular formula is C26H62O22. The van der Waals surface area contributed by atoms with Gasteiger partial charge >= 0.3 is 0 Å². The minimum absolute atomic E-state index is 0.406. The Kier molecular flexibility index (Phi) is 39.2. The standard InChI is InChI=1S/C6H14O6.4C5H12O4/c7-1-3(9)5(11)6(12)4(10)2-8;4*6-1-5(2-7,3-8)4-9/h3-12H,1-2H2;4*6-9H,1-4H2. The van der Waals surface area contributed by atoms with E-state index in [0.29, 0.717) is 0 Å². The molecule has 0 aromatic rings. The first kappa shape index (κ1) is 56.5. The molecular weight excluding hydrogens is 664 g/mol. The molecule has 0 aromatic carbocycles. The zero-order valence-electron chi connectivity index (χ0n) is 26.9.